The second-order valence-corrected chi connectivity index (χ2v) is 6.33. The fraction of sp³-hybridized carbons (Fsp3) is 0.529. The number of piperidine rings is 1. The van der Waals surface area contributed by atoms with Crippen LogP contribution in [0.3, 0.4) is 0 Å². The van der Waals surface area contributed by atoms with Crippen molar-refractivity contribution in [2.45, 2.75) is 25.3 Å². The smallest absolute Gasteiger partial charge is 0.317 e. The summed E-state index contributed by atoms with van der Waals surface area (Å²) in [6.45, 7) is 3.87. The number of rotatable bonds is 5. The van der Waals surface area contributed by atoms with E-state index in [0.717, 1.165) is 32.5 Å². The average molecular weight is 334 g/mol. The Kier molecular flexibility index (Phi) is 5.30. The zero-order valence-corrected chi connectivity index (χ0v) is 13.6. The van der Waals surface area contributed by atoms with Crippen molar-refractivity contribution >= 4 is 17.6 Å². The van der Waals surface area contributed by atoms with Gasteiger partial charge in [0.25, 0.3) is 0 Å². The van der Waals surface area contributed by atoms with Crippen LogP contribution in [0.2, 0.25) is 0 Å². The van der Waals surface area contributed by atoms with Crippen LogP contribution in [-0.2, 0) is 4.79 Å². The molecule has 2 aliphatic rings. The molecule has 0 bridgehead atoms. The van der Waals surface area contributed by atoms with Gasteiger partial charge in [0.05, 0.1) is 0 Å². The van der Waals surface area contributed by atoms with Gasteiger partial charge in [-0.25, -0.2) is 9.18 Å². The first-order valence-electron chi connectivity index (χ1n) is 8.44. The molecular weight excluding hydrogens is 311 g/mol. The highest BCUT2D eigenvalue weighted by atomic mass is 19.1. The van der Waals surface area contributed by atoms with Crippen LogP contribution in [-0.4, -0.2) is 60.5 Å². The number of halogens is 1. The van der Waals surface area contributed by atoms with E-state index in [1.165, 1.54) is 12.1 Å². The number of carbonyl (C=O) groups is 2. The molecule has 3 rings (SSSR count). The molecule has 1 atom stereocenters. The van der Waals surface area contributed by atoms with Crippen molar-refractivity contribution < 1.29 is 14.0 Å². The van der Waals surface area contributed by atoms with Crippen molar-refractivity contribution in [3.05, 3.63) is 30.1 Å². The zero-order valence-electron chi connectivity index (χ0n) is 13.6. The average Bonchev–Trinajstić information content (AvgIpc) is 2.99. The van der Waals surface area contributed by atoms with E-state index in [0.29, 0.717) is 25.2 Å². The Balaban J connectivity index is 1.45. The molecule has 130 valence electrons. The molecule has 0 radical (unpaired) electrons. The van der Waals surface area contributed by atoms with Crippen LogP contribution in [0, 0.1) is 5.82 Å². The predicted octanol–water partition coefficient (Wildman–Crippen LogP) is 1.64. The standard InChI is InChI=1S/C17H23FN4O2/c18-13-3-1-4-14(11-13)20-16(23)6-9-21-8-2-5-15(12-21)22-10-7-19-17(22)24/h1,3-4,11,15H,2,5-10,12H2,(H,19,24)(H,20,23). The van der Waals surface area contributed by atoms with Crippen LogP contribution in [0.25, 0.3) is 0 Å². The Labute approximate surface area is 141 Å². The summed E-state index contributed by atoms with van der Waals surface area (Å²) < 4.78 is 13.1. The van der Waals surface area contributed by atoms with Gasteiger partial charge in [0.1, 0.15) is 5.82 Å². The molecule has 2 N–H and O–H groups in total. The van der Waals surface area contributed by atoms with E-state index in [1.54, 1.807) is 12.1 Å². The van der Waals surface area contributed by atoms with Gasteiger partial charge in [0.15, 0.2) is 0 Å². The fourth-order valence-corrected chi connectivity index (χ4v) is 3.37. The quantitative estimate of drug-likeness (QED) is 0.860. The normalized spacial score (nSPS) is 21.6. The van der Waals surface area contributed by atoms with Crippen LogP contribution in [0.4, 0.5) is 14.9 Å². The lowest BCUT2D eigenvalue weighted by molar-refractivity contribution is -0.116. The molecule has 1 unspecified atom stereocenters. The Hall–Kier alpha value is -2.15. The molecule has 24 heavy (non-hydrogen) atoms. The van der Waals surface area contributed by atoms with E-state index in [2.05, 4.69) is 15.5 Å². The molecule has 2 fully saturated rings. The van der Waals surface area contributed by atoms with Gasteiger partial charge in [-0.05, 0) is 37.6 Å². The highest BCUT2D eigenvalue weighted by Gasteiger charge is 2.31. The number of nitrogens with one attached hydrogen (secondary N) is 2. The maximum absolute atomic E-state index is 13.1. The van der Waals surface area contributed by atoms with Gasteiger partial charge < -0.3 is 20.4 Å². The van der Waals surface area contributed by atoms with Crippen molar-refractivity contribution in [1.82, 2.24) is 15.1 Å². The SMILES string of the molecule is O=C(CCN1CCCC(N2CCNC2=O)C1)Nc1cccc(F)c1. The summed E-state index contributed by atoms with van der Waals surface area (Å²) in [4.78, 5) is 27.9. The Bertz CT molecular complexity index is 610. The summed E-state index contributed by atoms with van der Waals surface area (Å²) in [5, 5.41) is 5.55. The second kappa shape index (κ2) is 7.61. The van der Waals surface area contributed by atoms with Crippen LogP contribution >= 0.6 is 0 Å². The van der Waals surface area contributed by atoms with Crippen LogP contribution in [0.15, 0.2) is 24.3 Å². The molecule has 1 aromatic carbocycles. The van der Waals surface area contributed by atoms with Gasteiger partial charge in [-0.3, -0.25) is 4.79 Å². The Morgan fingerprint density at radius 3 is 3.00 bits per heavy atom. The molecule has 0 aliphatic carbocycles. The second-order valence-electron chi connectivity index (χ2n) is 6.33. The number of likely N-dealkylation sites (tertiary alicyclic amines) is 1. The minimum absolute atomic E-state index is 0.0192. The van der Waals surface area contributed by atoms with Gasteiger partial charge >= 0.3 is 6.03 Å². The van der Waals surface area contributed by atoms with E-state index < -0.39 is 0 Å². The monoisotopic (exact) mass is 334 g/mol. The highest BCUT2D eigenvalue weighted by molar-refractivity contribution is 5.90. The first-order chi connectivity index (χ1) is 11.6. The van der Waals surface area contributed by atoms with Crippen molar-refractivity contribution in [3.63, 3.8) is 0 Å². The molecule has 1 aromatic rings. The van der Waals surface area contributed by atoms with Crippen LogP contribution in [0.1, 0.15) is 19.3 Å². The number of urea groups is 1. The zero-order chi connectivity index (χ0) is 16.9. The number of carbonyl (C=O) groups excluding carboxylic acids is 2. The van der Waals surface area contributed by atoms with Gasteiger partial charge in [0.2, 0.25) is 5.91 Å². The molecule has 2 aliphatic heterocycles. The maximum Gasteiger partial charge on any atom is 0.317 e. The summed E-state index contributed by atoms with van der Waals surface area (Å²) in [5.41, 5.74) is 0.477. The largest absolute Gasteiger partial charge is 0.336 e. The maximum atomic E-state index is 13.1. The van der Waals surface area contributed by atoms with Gasteiger partial charge in [-0.1, -0.05) is 6.07 Å². The van der Waals surface area contributed by atoms with Crippen LogP contribution in [0.5, 0.6) is 0 Å². The molecule has 2 heterocycles. The fourth-order valence-electron chi connectivity index (χ4n) is 3.37. The number of nitrogens with zero attached hydrogens (tertiary/aromatic N) is 2. The molecular formula is C17H23FN4O2. The molecule has 0 aromatic heterocycles. The summed E-state index contributed by atoms with van der Waals surface area (Å²) in [7, 11) is 0. The molecule has 6 nitrogen and oxygen atoms in total. The summed E-state index contributed by atoms with van der Waals surface area (Å²) in [6, 6.07) is 6.14. The van der Waals surface area contributed by atoms with Gasteiger partial charge in [-0.15, -0.1) is 0 Å². The number of hydrogen-bond donors (Lipinski definition) is 2. The third-order valence-electron chi connectivity index (χ3n) is 4.57. The van der Waals surface area contributed by atoms with Crippen molar-refractivity contribution in [2.24, 2.45) is 0 Å². The number of benzene rings is 1. The first kappa shape index (κ1) is 16.7. The number of amides is 3. The topological polar surface area (TPSA) is 64.7 Å². The van der Waals surface area contributed by atoms with E-state index in [1.807, 2.05) is 4.90 Å². The Morgan fingerprint density at radius 2 is 2.25 bits per heavy atom. The summed E-state index contributed by atoms with van der Waals surface area (Å²) in [6.07, 6.45) is 2.40. The minimum Gasteiger partial charge on any atom is -0.336 e. The van der Waals surface area contributed by atoms with E-state index in [4.69, 9.17) is 0 Å². The van der Waals surface area contributed by atoms with Crippen molar-refractivity contribution in [2.75, 3.05) is 38.0 Å². The molecule has 0 spiro atoms. The van der Waals surface area contributed by atoms with Gasteiger partial charge in [-0.2, -0.15) is 0 Å². The number of hydrogen-bond acceptors (Lipinski definition) is 3. The summed E-state index contributed by atoms with van der Waals surface area (Å²) in [5.74, 6) is -0.489. The lowest BCUT2D eigenvalue weighted by Gasteiger charge is -2.36. The van der Waals surface area contributed by atoms with E-state index in [-0.39, 0.29) is 23.8 Å². The first-order valence-corrected chi connectivity index (χ1v) is 8.44. The molecule has 7 heteroatoms. The number of anilines is 1. The minimum atomic E-state index is -0.365. The van der Waals surface area contributed by atoms with E-state index >= 15 is 0 Å². The van der Waals surface area contributed by atoms with Crippen molar-refractivity contribution in [1.29, 1.82) is 0 Å². The molecule has 0 saturated carbocycles. The Morgan fingerprint density at radius 1 is 1.38 bits per heavy atom. The lowest BCUT2D eigenvalue weighted by atomic mass is 10.0. The summed E-state index contributed by atoms with van der Waals surface area (Å²) >= 11 is 0. The lowest BCUT2D eigenvalue weighted by Crippen LogP contribution is -2.49. The van der Waals surface area contributed by atoms with Gasteiger partial charge in [0, 0.05) is 44.3 Å². The van der Waals surface area contributed by atoms with Crippen molar-refractivity contribution in [3.8, 4) is 0 Å². The predicted molar refractivity (Wildman–Crippen MR) is 89.2 cm³/mol. The molecule has 2 saturated heterocycles. The molecule has 3 amide bonds. The third-order valence-corrected chi connectivity index (χ3v) is 4.57. The highest BCUT2D eigenvalue weighted by Crippen LogP contribution is 2.18. The van der Waals surface area contributed by atoms with E-state index in [9.17, 15) is 14.0 Å². The third kappa shape index (κ3) is 4.23. The van der Waals surface area contributed by atoms with Crippen LogP contribution < -0.4 is 10.6 Å².